The molecule has 1 amide bonds. The topological polar surface area (TPSA) is 63.2 Å². The third-order valence-corrected chi connectivity index (χ3v) is 6.82. The molecule has 1 heterocycles. The zero-order valence-corrected chi connectivity index (χ0v) is 21.6. The molecule has 0 unspecified atom stereocenters. The molecule has 0 fully saturated rings. The van der Waals surface area contributed by atoms with E-state index in [9.17, 15) is 4.79 Å². The fourth-order valence-electron chi connectivity index (χ4n) is 3.61. The van der Waals surface area contributed by atoms with E-state index in [-0.39, 0.29) is 11.0 Å². The molecule has 2 N–H and O–H groups in total. The third-order valence-electron chi connectivity index (χ3n) is 5.54. The van der Waals surface area contributed by atoms with Gasteiger partial charge in [0.1, 0.15) is 10.8 Å². The minimum Gasteiger partial charge on any atom is -0.494 e. The second-order valence-corrected chi connectivity index (χ2v) is 9.85. The van der Waals surface area contributed by atoms with Crippen molar-refractivity contribution in [1.82, 2.24) is 10.3 Å². The maximum absolute atomic E-state index is 12.6. The number of unbranched alkanes of at least 4 members (excludes halogenated alkanes) is 3. The molecular formula is C28H29N3O2S2. The Labute approximate surface area is 215 Å². The molecule has 7 heteroatoms. The van der Waals surface area contributed by atoms with E-state index in [1.807, 2.05) is 36.4 Å². The first kappa shape index (κ1) is 24.8. The Bertz CT molecular complexity index is 1300. The van der Waals surface area contributed by atoms with Crippen molar-refractivity contribution < 1.29 is 9.53 Å². The van der Waals surface area contributed by atoms with Gasteiger partial charge in [-0.25, -0.2) is 4.98 Å². The van der Waals surface area contributed by atoms with Gasteiger partial charge in [-0.1, -0.05) is 32.3 Å². The largest absolute Gasteiger partial charge is 0.494 e. The van der Waals surface area contributed by atoms with Crippen molar-refractivity contribution in [3.05, 3.63) is 77.9 Å². The molecule has 180 valence electrons. The molecule has 0 spiro atoms. The molecule has 4 aromatic rings. The van der Waals surface area contributed by atoms with E-state index in [0.717, 1.165) is 33.9 Å². The van der Waals surface area contributed by atoms with Crippen molar-refractivity contribution in [3.8, 4) is 16.3 Å². The number of aryl methyl sites for hydroxylation is 1. The van der Waals surface area contributed by atoms with Gasteiger partial charge in [0.05, 0.1) is 16.8 Å². The Morgan fingerprint density at radius 3 is 2.51 bits per heavy atom. The smallest absolute Gasteiger partial charge is 0.257 e. The summed E-state index contributed by atoms with van der Waals surface area (Å²) in [5.41, 5.74) is 4.59. The van der Waals surface area contributed by atoms with Gasteiger partial charge in [-0.05, 0) is 91.8 Å². The van der Waals surface area contributed by atoms with Crippen LogP contribution in [0.4, 0.5) is 5.69 Å². The SMILES string of the molecule is CCCCCCOc1ccc(C(=O)NC(=S)Nc2ccc(-c3nc4ccc(C)cc4s3)cc2)cc1. The number of anilines is 1. The summed E-state index contributed by atoms with van der Waals surface area (Å²) in [4.78, 5) is 17.3. The summed E-state index contributed by atoms with van der Waals surface area (Å²) in [5.74, 6) is 0.500. The van der Waals surface area contributed by atoms with Gasteiger partial charge in [-0.3, -0.25) is 10.1 Å². The van der Waals surface area contributed by atoms with Crippen LogP contribution in [0.15, 0.2) is 66.7 Å². The summed E-state index contributed by atoms with van der Waals surface area (Å²) >= 11 is 7.01. The van der Waals surface area contributed by atoms with E-state index in [4.69, 9.17) is 21.9 Å². The van der Waals surface area contributed by atoms with E-state index in [0.29, 0.717) is 12.2 Å². The second kappa shape index (κ2) is 11.9. The van der Waals surface area contributed by atoms with Crippen LogP contribution >= 0.6 is 23.6 Å². The number of carbonyl (C=O) groups is 1. The van der Waals surface area contributed by atoms with Gasteiger partial charge >= 0.3 is 0 Å². The highest BCUT2D eigenvalue weighted by atomic mass is 32.1. The van der Waals surface area contributed by atoms with Crippen molar-refractivity contribution in [2.75, 3.05) is 11.9 Å². The van der Waals surface area contributed by atoms with Gasteiger partial charge in [-0.15, -0.1) is 11.3 Å². The number of hydrogen-bond acceptors (Lipinski definition) is 5. The van der Waals surface area contributed by atoms with E-state index >= 15 is 0 Å². The molecule has 0 aliphatic carbocycles. The molecule has 0 saturated carbocycles. The van der Waals surface area contributed by atoms with Crippen LogP contribution in [0, 0.1) is 6.92 Å². The normalized spacial score (nSPS) is 10.8. The van der Waals surface area contributed by atoms with Crippen molar-refractivity contribution in [2.45, 2.75) is 39.5 Å². The minimum atomic E-state index is -0.265. The lowest BCUT2D eigenvalue weighted by Gasteiger charge is -2.11. The second-order valence-electron chi connectivity index (χ2n) is 8.41. The molecule has 0 radical (unpaired) electrons. The number of fused-ring (bicyclic) bond motifs is 1. The van der Waals surface area contributed by atoms with Crippen molar-refractivity contribution in [1.29, 1.82) is 0 Å². The summed E-state index contributed by atoms with van der Waals surface area (Å²) in [7, 11) is 0. The first-order chi connectivity index (χ1) is 17.0. The predicted octanol–water partition coefficient (Wildman–Crippen LogP) is 7.36. The van der Waals surface area contributed by atoms with Gasteiger partial charge in [0, 0.05) is 16.8 Å². The number of nitrogens with zero attached hydrogens (tertiary/aromatic N) is 1. The lowest BCUT2D eigenvalue weighted by Crippen LogP contribution is -2.34. The summed E-state index contributed by atoms with van der Waals surface area (Å²) < 4.78 is 6.92. The van der Waals surface area contributed by atoms with Crippen molar-refractivity contribution in [3.63, 3.8) is 0 Å². The highest BCUT2D eigenvalue weighted by Gasteiger charge is 2.10. The summed E-state index contributed by atoms with van der Waals surface area (Å²) in [5, 5.41) is 7.02. The van der Waals surface area contributed by atoms with Gasteiger partial charge < -0.3 is 10.1 Å². The van der Waals surface area contributed by atoms with Gasteiger partial charge in [0.2, 0.25) is 0 Å². The van der Waals surface area contributed by atoms with Crippen molar-refractivity contribution >= 4 is 50.5 Å². The highest BCUT2D eigenvalue weighted by Crippen LogP contribution is 2.31. The molecule has 5 nitrogen and oxygen atoms in total. The molecule has 0 saturated heterocycles. The number of thiocarbonyl (C=S) groups is 1. The molecule has 0 atom stereocenters. The Balaban J connectivity index is 1.29. The summed E-state index contributed by atoms with van der Waals surface area (Å²) in [6.07, 6.45) is 4.64. The van der Waals surface area contributed by atoms with E-state index in [1.54, 1.807) is 23.5 Å². The number of ether oxygens (including phenoxy) is 1. The zero-order chi connectivity index (χ0) is 24.6. The van der Waals surface area contributed by atoms with E-state index in [2.05, 4.69) is 42.7 Å². The zero-order valence-electron chi connectivity index (χ0n) is 20.0. The summed E-state index contributed by atoms with van der Waals surface area (Å²) in [6, 6.07) is 21.2. The predicted molar refractivity (Wildman–Crippen MR) is 150 cm³/mol. The number of amides is 1. The fraction of sp³-hybridized carbons (Fsp3) is 0.250. The monoisotopic (exact) mass is 503 g/mol. The Kier molecular flexibility index (Phi) is 8.45. The van der Waals surface area contributed by atoms with Crippen LogP contribution in [0.2, 0.25) is 0 Å². The molecule has 0 aliphatic heterocycles. The maximum atomic E-state index is 12.6. The average Bonchev–Trinajstić information content (AvgIpc) is 3.28. The van der Waals surface area contributed by atoms with Crippen LogP contribution in [0.25, 0.3) is 20.8 Å². The molecule has 35 heavy (non-hydrogen) atoms. The fourth-order valence-corrected chi connectivity index (χ4v) is 4.89. The number of hydrogen-bond donors (Lipinski definition) is 2. The van der Waals surface area contributed by atoms with Gasteiger partial charge in [0.15, 0.2) is 5.11 Å². The van der Waals surface area contributed by atoms with Crippen molar-refractivity contribution in [2.24, 2.45) is 0 Å². The molecule has 0 bridgehead atoms. The number of benzene rings is 3. The number of aromatic nitrogens is 1. The first-order valence-corrected chi connectivity index (χ1v) is 13.1. The van der Waals surface area contributed by atoms with E-state index in [1.165, 1.54) is 29.5 Å². The Morgan fingerprint density at radius 2 is 1.77 bits per heavy atom. The van der Waals surface area contributed by atoms with Crippen LogP contribution in [-0.2, 0) is 0 Å². The number of rotatable bonds is 9. The highest BCUT2D eigenvalue weighted by molar-refractivity contribution is 7.80. The molecule has 4 rings (SSSR count). The molecule has 1 aromatic heterocycles. The standard InChI is InChI=1S/C28H29N3O2S2/c1-3-4-5-6-17-33-23-14-10-20(11-15-23)26(32)31-28(34)29-22-12-8-21(9-13-22)27-30-24-16-7-19(2)18-25(24)35-27/h7-16,18H,3-6,17H2,1-2H3,(H2,29,31,32,34). The van der Waals surface area contributed by atoms with Crippen LogP contribution in [0.1, 0.15) is 48.5 Å². The first-order valence-electron chi connectivity index (χ1n) is 11.8. The Hall–Kier alpha value is -3.29. The lowest BCUT2D eigenvalue weighted by molar-refractivity contribution is 0.0977. The van der Waals surface area contributed by atoms with Crippen LogP contribution < -0.4 is 15.4 Å². The average molecular weight is 504 g/mol. The number of nitrogens with one attached hydrogen (secondary N) is 2. The molecular weight excluding hydrogens is 474 g/mol. The third kappa shape index (κ3) is 6.87. The quantitative estimate of drug-likeness (QED) is 0.185. The maximum Gasteiger partial charge on any atom is 0.257 e. The van der Waals surface area contributed by atoms with Crippen LogP contribution in [0.5, 0.6) is 5.75 Å². The number of thiazole rings is 1. The summed E-state index contributed by atoms with van der Waals surface area (Å²) in [6.45, 7) is 4.96. The van der Waals surface area contributed by atoms with Crippen LogP contribution in [0.3, 0.4) is 0 Å². The van der Waals surface area contributed by atoms with Crippen LogP contribution in [-0.4, -0.2) is 22.6 Å². The number of carbonyl (C=O) groups excluding carboxylic acids is 1. The van der Waals surface area contributed by atoms with Gasteiger partial charge in [-0.2, -0.15) is 0 Å². The Morgan fingerprint density at radius 1 is 1.00 bits per heavy atom. The lowest BCUT2D eigenvalue weighted by atomic mass is 10.2. The molecule has 3 aromatic carbocycles. The molecule has 0 aliphatic rings. The van der Waals surface area contributed by atoms with E-state index < -0.39 is 0 Å². The van der Waals surface area contributed by atoms with Gasteiger partial charge in [0.25, 0.3) is 5.91 Å². The minimum absolute atomic E-state index is 0.245.